The zero-order valence-electron chi connectivity index (χ0n) is 14.7. The molecule has 3 aromatic rings. The van der Waals surface area contributed by atoms with Gasteiger partial charge in [0.25, 0.3) is 0 Å². The number of aromatic nitrogens is 4. The van der Waals surface area contributed by atoms with E-state index in [1.54, 1.807) is 17.7 Å². The number of fused-ring (bicyclic) bond motifs is 1. The molecule has 4 rings (SSSR count). The van der Waals surface area contributed by atoms with Gasteiger partial charge in [0, 0.05) is 18.7 Å². The van der Waals surface area contributed by atoms with Crippen molar-refractivity contribution in [3.63, 3.8) is 0 Å². The highest BCUT2D eigenvalue weighted by Crippen LogP contribution is 2.42. The second-order valence-corrected chi connectivity index (χ2v) is 8.31. The summed E-state index contributed by atoms with van der Waals surface area (Å²) < 4.78 is 1.95. The Balaban J connectivity index is 1.76. The van der Waals surface area contributed by atoms with Gasteiger partial charge in [0.05, 0.1) is 17.1 Å². The van der Waals surface area contributed by atoms with E-state index in [1.165, 1.54) is 0 Å². The highest BCUT2D eigenvalue weighted by Gasteiger charge is 2.33. The van der Waals surface area contributed by atoms with Crippen molar-refractivity contribution in [2.75, 3.05) is 11.4 Å². The third-order valence-electron chi connectivity index (χ3n) is 4.75. The SMILES string of the molecule is Cc1nn(CC(C)C)c(Cl)c1C1CCCN1c1ncnc2sccc12. The van der Waals surface area contributed by atoms with Gasteiger partial charge in [-0.25, -0.2) is 9.97 Å². The second kappa shape index (κ2) is 6.57. The van der Waals surface area contributed by atoms with Gasteiger partial charge in [0.15, 0.2) is 0 Å². The van der Waals surface area contributed by atoms with Gasteiger partial charge in [-0.2, -0.15) is 5.10 Å². The van der Waals surface area contributed by atoms with E-state index in [1.807, 2.05) is 4.68 Å². The summed E-state index contributed by atoms with van der Waals surface area (Å²) in [6.45, 7) is 8.26. The molecule has 132 valence electrons. The summed E-state index contributed by atoms with van der Waals surface area (Å²) in [7, 11) is 0. The van der Waals surface area contributed by atoms with Gasteiger partial charge < -0.3 is 4.90 Å². The topological polar surface area (TPSA) is 46.8 Å². The fraction of sp³-hybridized carbons (Fsp3) is 0.500. The Morgan fingerprint density at radius 1 is 1.36 bits per heavy atom. The van der Waals surface area contributed by atoms with E-state index >= 15 is 0 Å². The lowest BCUT2D eigenvalue weighted by molar-refractivity contribution is 0.481. The number of hydrogen-bond donors (Lipinski definition) is 0. The Hall–Kier alpha value is -1.66. The quantitative estimate of drug-likeness (QED) is 0.654. The Morgan fingerprint density at radius 3 is 3.00 bits per heavy atom. The molecule has 1 saturated heterocycles. The smallest absolute Gasteiger partial charge is 0.141 e. The molecule has 0 N–H and O–H groups in total. The molecule has 0 aliphatic carbocycles. The number of aryl methyl sites for hydroxylation is 1. The first-order valence-electron chi connectivity index (χ1n) is 8.74. The summed E-state index contributed by atoms with van der Waals surface area (Å²) in [5.41, 5.74) is 2.18. The van der Waals surface area contributed by atoms with Gasteiger partial charge in [0.2, 0.25) is 0 Å². The van der Waals surface area contributed by atoms with Crippen molar-refractivity contribution in [3.05, 3.63) is 34.2 Å². The van der Waals surface area contributed by atoms with E-state index < -0.39 is 0 Å². The van der Waals surface area contributed by atoms with Crippen LogP contribution in [0, 0.1) is 12.8 Å². The maximum absolute atomic E-state index is 6.75. The third-order valence-corrected chi connectivity index (χ3v) is 5.97. The van der Waals surface area contributed by atoms with Gasteiger partial charge in [0.1, 0.15) is 22.1 Å². The Morgan fingerprint density at radius 2 is 2.20 bits per heavy atom. The fourth-order valence-electron chi connectivity index (χ4n) is 3.74. The number of rotatable bonds is 4. The van der Waals surface area contributed by atoms with Crippen molar-refractivity contribution >= 4 is 39.0 Å². The molecule has 25 heavy (non-hydrogen) atoms. The van der Waals surface area contributed by atoms with Crippen molar-refractivity contribution in [1.29, 1.82) is 0 Å². The zero-order valence-corrected chi connectivity index (χ0v) is 16.3. The molecule has 1 atom stereocenters. The van der Waals surface area contributed by atoms with Gasteiger partial charge in [-0.05, 0) is 37.1 Å². The Bertz CT molecular complexity index is 900. The van der Waals surface area contributed by atoms with Crippen LogP contribution < -0.4 is 4.90 Å². The maximum atomic E-state index is 6.75. The molecule has 1 aliphatic rings. The predicted octanol–water partition coefficient (Wildman–Crippen LogP) is 4.85. The van der Waals surface area contributed by atoms with Crippen LogP contribution in [0.5, 0.6) is 0 Å². The molecule has 3 aromatic heterocycles. The molecule has 0 saturated carbocycles. The summed E-state index contributed by atoms with van der Waals surface area (Å²) >= 11 is 8.40. The molecule has 1 aliphatic heterocycles. The minimum Gasteiger partial charge on any atom is -0.349 e. The predicted molar refractivity (Wildman–Crippen MR) is 104 cm³/mol. The minimum atomic E-state index is 0.228. The van der Waals surface area contributed by atoms with Crippen molar-refractivity contribution in [3.8, 4) is 0 Å². The normalized spacial score (nSPS) is 18.0. The van der Waals surface area contributed by atoms with E-state index in [4.69, 9.17) is 16.7 Å². The molecule has 0 spiro atoms. The summed E-state index contributed by atoms with van der Waals surface area (Å²) in [4.78, 5) is 12.4. The molecule has 0 amide bonds. The average molecular weight is 376 g/mol. The number of anilines is 1. The van der Waals surface area contributed by atoms with Crippen LogP contribution in [0.2, 0.25) is 5.15 Å². The van der Waals surface area contributed by atoms with Crippen LogP contribution in [0.3, 0.4) is 0 Å². The van der Waals surface area contributed by atoms with E-state index in [0.29, 0.717) is 5.92 Å². The van der Waals surface area contributed by atoms with E-state index in [9.17, 15) is 0 Å². The van der Waals surface area contributed by atoms with Crippen LogP contribution in [0.4, 0.5) is 5.82 Å². The van der Waals surface area contributed by atoms with Crippen molar-refractivity contribution in [2.45, 2.75) is 46.2 Å². The van der Waals surface area contributed by atoms with Gasteiger partial charge in [-0.15, -0.1) is 11.3 Å². The Labute approximate surface area is 156 Å². The van der Waals surface area contributed by atoms with Crippen LogP contribution in [0.1, 0.15) is 44.0 Å². The van der Waals surface area contributed by atoms with Crippen LogP contribution in [0.15, 0.2) is 17.8 Å². The van der Waals surface area contributed by atoms with Gasteiger partial charge in [-0.1, -0.05) is 25.4 Å². The zero-order chi connectivity index (χ0) is 17.6. The molecule has 7 heteroatoms. The molecular formula is C18H22ClN5S. The largest absolute Gasteiger partial charge is 0.349 e. The lowest BCUT2D eigenvalue weighted by Crippen LogP contribution is -2.24. The van der Waals surface area contributed by atoms with Crippen molar-refractivity contribution in [2.24, 2.45) is 5.92 Å². The molecule has 0 aromatic carbocycles. The summed E-state index contributed by atoms with van der Waals surface area (Å²) in [6.07, 6.45) is 3.87. The fourth-order valence-corrected chi connectivity index (χ4v) is 4.84. The molecule has 5 nitrogen and oxygen atoms in total. The van der Waals surface area contributed by atoms with Crippen molar-refractivity contribution < 1.29 is 0 Å². The standard InChI is InChI=1S/C18H22ClN5S/c1-11(2)9-24-16(19)15(12(3)22-24)14-5-4-7-23(14)17-13-6-8-25-18(13)21-10-20-17/h6,8,10-11,14H,4-5,7,9H2,1-3H3. The first-order valence-corrected chi connectivity index (χ1v) is 9.99. The lowest BCUT2D eigenvalue weighted by atomic mass is 10.1. The number of hydrogen-bond acceptors (Lipinski definition) is 5. The number of halogens is 1. The molecule has 0 radical (unpaired) electrons. The second-order valence-electron chi connectivity index (χ2n) is 7.05. The van der Waals surface area contributed by atoms with Crippen LogP contribution in [-0.4, -0.2) is 26.3 Å². The van der Waals surface area contributed by atoms with Crippen molar-refractivity contribution in [1.82, 2.24) is 19.7 Å². The molecular weight excluding hydrogens is 354 g/mol. The molecule has 4 heterocycles. The van der Waals surface area contributed by atoms with E-state index in [0.717, 1.165) is 58.4 Å². The number of thiophene rings is 1. The highest BCUT2D eigenvalue weighted by molar-refractivity contribution is 7.16. The minimum absolute atomic E-state index is 0.228. The first kappa shape index (κ1) is 16.8. The van der Waals surface area contributed by atoms with Gasteiger partial charge in [-0.3, -0.25) is 4.68 Å². The average Bonchev–Trinajstić information content (AvgIpc) is 3.26. The van der Waals surface area contributed by atoms with Crippen LogP contribution >= 0.6 is 22.9 Å². The van der Waals surface area contributed by atoms with Gasteiger partial charge >= 0.3 is 0 Å². The van der Waals surface area contributed by atoms with E-state index in [2.05, 4.69) is 47.1 Å². The highest BCUT2D eigenvalue weighted by atomic mass is 35.5. The lowest BCUT2D eigenvalue weighted by Gasteiger charge is -2.26. The molecule has 0 bridgehead atoms. The summed E-state index contributed by atoms with van der Waals surface area (Å²) in [5.74, 6) is 1.53. The molecule has 1 unspecified atom stereocenters. The summed E-state index contributed by atoms with van der Waals surface area (Å²) in [5, 5.41) is 8.68. The third kappa shape index (κ3) is 2.91. The summed E-state index contributed by atoms with van der Waals surface area (Å²) in [6, 6.07) is 2.34. The monoisotopic (exact) mass is 375 g/mol. The van der Waals surface area contributed by atoms with E-state index in [-0.39, 0.29) is 6.04 Å². The number of nitrogens with zero attached hydrogens (tertiary/aromatic N) is 5. The molecule has 1 fully saturated rings. The Kier molecular flexibility index (Phi) is 4.41. The van der Waals surface area contributed by atoms with Crippen LogP contribution in [0.25, 0.3) is 10.2 Å². The maximum Gasteiger partial charge on any atom is 0.141 e. The first-order chi connectivity index (χ1) is 12.1. The van der Waals surface area contributed by atoms with Crippen LogP contribution in [-0.2, 0) is 6.54 Å².